The summed E-state index contributed by atoms with van der Waals surface area (Å²) in [4.78, 5) is 4.78. The minimum absolute atomic E-state index is 0. The fraction of sp³-hybridized carbons (Fsp3) is 0.500. The zero-order valence-corrected chi connectivity index (χ0v) is 19.8. The minimum atomic E-state index is 0. The lowest BCUT2D eigenvalue weighted by molar-refractivity contribution is 0.703. The summed E-state index contributed by atoms with van der Waals surface area (Å²) in [5.74, 6) is 0.826. The largest absolute Gasteiger partial charge is 0.357 e. The molecule has 0 spiro atoms. The molecule has 0 aliphatic carbocycles. The summed E-state index contributed by atoms with van der Waals surface area (Å²) in [7, 11) is 2.01. The molecule has 0 atom stereocenters. The summed E-state index contributed by atoms with van der Waals surface area (Å²) in [6.07, 6.45) is 2.75. The number of nitrogens with one attached hydrogen (secondary N) is 2. The Morgan fingerprint density at radius 2 is 1.89 bits per heavy atom. The van der Waals surface area contributed by atoms with Gasteiger partial charge in [0.05, 0.1) is 12.2 Å². The monoisotopic (exact) mass is 503 g/mol. The highest BCUT2D eigenvalue weighted by molar-refractivity contribution is 14.0. The van der Waals surface area contributed by atoms with Crippen LogP contribution in [0.5, 0.6) is 0 Å². The maximum Gasteiger partial charge on any atom is 0.191 e. The molecule has 1 aromatic carbocycles. The van der Waals surface area contributed by atoms with Crippen molar-refractivity contribution in [1.29, 1.82) is 0 Å². The molecule has 0 fully saturated rings. The van der Waals surface area contributed by atoms with Crippen LogP contribution < -0.4 is 10.6 Å². The molecular weight excluding hydrogens is 473 g/mol. The summed E-state index contributed by atoms with van der Waals surface area (Å²) < 4.78 is 1.99. The maximum atomic E-state index is 6.23. The van der Waals surface area contributed by atoms with Gasteiger partial charge >= 0.3 is 0 Å². The quantitative estimate of drug-likeness (QED) is 0.324. The first-order valence-electron chi connectivity index (χ1n) is 9.39. The van der Waals surface area contributed by atoms with Gasteiger partial charge in [-0.05, 0) is 37.8 Å². The second-order valence-corrected chi connectivity index (χ2v) is 6.57. The lowest BCUT2D eigenvalue weighted by atomic mass is 10.1. The smallest absolute Gasteiger partial charge is 0.191 e. The van der Waals surface area contributed by atoms with Crippen LogP contribution in [0, 0.1) is 0 Å². The molecule has 150 valence electrons. The van der Waals surface area contributed by atoms with Crippen molar-refractivity contribution in [2.45, 2.75) is 46.6 Å². The van der Waals surface area contributed by atoms with Gasteiger partial charge in [-0.3, -0.25) is 4.68 Å². The molecule has 7 heteroatoms. The summed E-state index contributed by atoms with van der Waals surface area (Å²) >= 11 is 6.23. The van der Waals surface area contributed by atoms with E-state index in [0.29, 0.717) is 6.54 Å². The molecule has 1 aromatic heterocycles. The Labute approximate surface area is 185 Å². The van der Waals surface area contributed by atoms with Crippen molar-refractivity contribution in [3.8, 4) is 0 Å². The summed E-state index contributed by atoms with van der Waals surface area (Å²) in [5.41, 5.74) is 4.80. The first-order chi connectivity index (χ1) is 12.6. The van der Waals surface area contributed by atoms with Gasteiger partial charge in [0, 0.05) is 36.4 Å². The van der Waals surface area contributed by atoms with E-state index in [0.717, 1.165) is 54.6 Å². The molecule has 0 saturated heterocycles. The number of aromatic nitrogens is 2. The van der Waals surface area contributed by atoms with Gasteiger partial charge in [0.15, 0.2) is 5.96 Å². The van der Waals surface area contributed by atoms with Crippen molar-refractivity contribution in [2.24, 2.45) is 12.0 Å². The minimum Gasteiger partial charge on any atom is -0.357 e. The Morgan fingerprint density at radius 1 is 1.15 bits per heavy atom. The second kappa shape index (κ2) is 12.2. The third-order valence-corrected chi connectivity index (χ3v) is 4.78. The number of nitrogens with zero attached hydrogens (tertiary/aromatic N) is 3. The van der Waals surface area contributed by atoms with Crippen LogP contribution in [-0.2, 0) is 32.9 Å². The van der Waals surface area contributed by atoms with E-state index in [9.17, 15) is 0 Å². The van der Waals surface area contributed by atoms with Crippen LogP contribution in [0.25, 0.3) is 0 Å². The van der Waals surface area contributed by atoms with E-state index < -0.39 is 0 Å². The van der Waals surface area contributed by atoms with Crippen molar-refractivity contribution in [1.82, 2.24) is 20.4 Å². The molecule has 0 bridgehead atoms. The molecule has 27 heavy (non-hydrogen) atoms. The van der Waals surface area contributed by atoms with Crippen LogP contribution in [0.2, 0.25) is 5.02 Å². The standard InChI is InChI=1S/C20H30ClN5.HI/c1-5-18-16(19(6-2)26(4)25-18)14-24-20(22-7-3)23-13-12-15-10-8-9-11-17(15)21;/h8-11H,5-7,12-14H2,1-4H3,(H2,22,23,24);1H. The van der Waals surface area contributed by atoms with Gasteiger partial charge in [0.25, 0.3) is 0 Å². The Hall–Kier alpha value is -1.28. The molecule has 0 unspecified atom stereocenters. The SMILES string of the molecule is CCNC(=NCc1c(CC)nn(C)c1CC)NCCc1ccccc1Cl.I. The zero-order valence-electron chi connectivity index (χ0n) is 16.7. The van der Waals surface area contributed by atoms with Gasteiger partial charge in [-0.15, -0.1) is 24.0 Å². The Balaban J connectivity index is 0.00000364. The fourth-order valence-electron chi connectivity index (χ4n) is 3.09. The average Bonchev–Trinajstić information content (AvgIpc) is 2.95. The number of hydrogen-bond donors (Lipinski definition) is 2. The predicted molar refractivity (Wildman–Crippen MR) is 125 cm³/mol. The number of rotatable bonds is 8. The van der Waals surface area contributed by atoms with Crippen molar-refractivity contribution in [2.75, 3.05) is 13.1 Å². The highest BCUT2D eigenvalue weighted by Crippen LogP contribution is 2.17. The number of aryl methyl sites for hydroxylation is 2. The molecule has 0 saturated carbocycles. The van der Waals surface area contributed by atoms with Crippen LogP contribution >= 0.6 is 35.6 Å². The third kappa shape index (κ3) is 6.68. The molecule has 0 radical (unpaired) electrons. The number of hydrogen-bond acceptors (Lipinski definition) is 2. The van der Waals surface area contributed by atoms with E-state index in [1.807, 2.05) is 29.9 Å². The normalized spacial score (nSPS) is 11.2. The van der Waals surface area contributed by atoms with Gasteiger partial charge in [-0.25, -0.2) is 4.99 Å². The average molecular weight is 504 g/mol. The van der Waals surface area contributed by atoms with Crippen LogP contribution in [0.1, 0.15) is 43.3 Å². The van der Waals surface area contributed by atoms with Crippen LogP contribution in [0.3, 0.4) is 0 Å². The molecule has 1 heterocycles. The van der Waals surface area contributed by atoms with E-state index in [-0.39, 0.29) is 24.0 Å². The van der Waals surface area contributed by atoms with Gasteiger partial charge < -0.3 is 10.6 Å². The van der Waals surface area contributed by atoms with E-state index in [2.05, 4.69) is 42.6 Å². The molecule has 0 aliphatic rings. The topological polar surface area (TPSA) is 54.2 Å². The number of halogens is 2. The lowest BCUT2D eigenvalue weighted by Gasteiger charge is -2.12. The van der Waals surface area contributed by atoms with E-state index in [1.54, 1.807) is 0 Å². The molecular formula is C20H31ClIN5. The van der Waals surface area contributed by atoms with Crippen LogP contribution in [0.4, 0.5) is 0 Å². The van der Waals surface area contributed by atoms with Crippen molar-refractivity contribution in [3.05, 3.63) is 51.8 Å². The zero-order chi connectivity index (χ0) is 18.9. The number of benzene rings is 1. The summed E-state index contributed by atoms with van der Waals surface area (Å²) in [5, 5.41) is 12.2. The van der Waals surface area contributed by atoms with E-state index >= 15 is 0 Å². The molecule has 2 N–H and O–H groups in total. The van der Waals surface area contributed by atoms with Gasteiger partial charge in [0.2, 0.25) is 0 Å². The van der Waals surface area contributed by atoms with Crippen LogP contribution in [0.15, 0.2) is 29.3 Å². The van der Waals surface area contributed by atoms with E-state index in [1.165, 1.54) is 11.3 Å². The maximum absolute atomic E-state index is 6.23. The Kier molecular flexibility index (Phi) is 10.8. The van der Waals surface area contributed by atoms with Crippen molar-refractivity contribution in [3.63, 3.8) is 0 Å². The van der Waals surface area contributed by atoms with Gasteiger partial charge in [-0.1, -0.05) is 43.6 Å². The lowest BCUT2D eigenvalue weighted by Crippen LogP contribution is -2.38. The van der Waals surface area contributed by atoms with Crippen LogP contribution in [-0.4, -0.2) is 28.8 Å². The first-order valence-corrected chi connectivity index (χ1v) is 9.77. The highest BCUT2D eigenvalue weighted by atomic mass is 127. The van der Waals surface area contributed by atoms with Gasteiger partial charge in [-0.2, -0.15) is 5.10 Å². The molecule has 0 aliphatic heterocycles. The van der Waals surface area contributed by atoms with E-state index in [4.69, 9.17) is 16.6 Å². The van der Waals surface area contributed by atoms with Crippen molar-refractivity contribution < 1.29 is 0 Å². The third-order valence-electron chi connectivity index (χ3n) is 4.41. The fourth-order valence-corrected chi connectivity index (χ4v) is 3.32. The highest BCUT2D eigenvalue weighted by Gasteiger charge is 2.13. The number of guanidine groups is 1. The predicted octanol–water partition coefficient (Wildman–Crippen LogP) is 4.11. The first kappa shape index (κ1) is 23.8. The summed E-state index contributed by atoms with van der Waals surface area (Å²) in [6, 6.07) is 7.96. The molecule has 0 amide bonds. The van der Waals surface area contributed by atoms with Gasteiger partial charge in [0.1, 0.15) is 0 Å². The Bertz CT molecular complexity index is 742. The molecule has 5 nitrogen and oxygen atoms in total. The summed E-state index contributed by atoms with van der Waals surface area (Å²) in [6.45, 7) is 8.63. The van der Waals surface area contributed by atoms with Crippen molar-refractivity contribution >= 4 is 41.5 Å². The Morgan fingerprint density at radius 3 is 2.52 bits per heavy atom. The molecule has 2 aromatic rings. The molecule has 2 rings (SSSR count). The second-order valence-electron chi connectivity index (χ2n) is 6.17. The number of aliphatic imine (C=N–C) groups is 1.